The van der Waals surface area contributed by atoms with Crippen molar-refractivity contribution < 1.29 is 4.52 Å². The van der Waals surface area contributed by atoms with Crippen LogP contribution in [-0.4, -0.2) is 22.7 Å². The van der Waals surface area contributed by atoms with Gasteiger partial charge in [0.2, 0.25) is 5.89 Å². The molecule has 1 unspecified atom stereocenters. The van der Waals surface area contributed by atoms with E-state index < -0.39 is 0 Å². The molecular formula is C16H20ClN3O. The van der Waals surface area contributed by atoms with Gasteiger partial charge >= 0.3 is 0 Å². The largest absolute Gasteiger partial charge is 0.339 e. The highest BCUT2D eigenvalue weighted by molar-refractivity contribution is 6.30. The molecule has 3 rings (SSSR count). The first-order chi connectivity index (χ1) is 10.3. The quantitative estimate of drug-likeness (QED) is 0.920. The molecule has 112 valence electrons. The van der Waals surface area contributed by atoms with Gasteiger partial charge in [-0.1, -0.05) is 35.3 Å². The van der Waals surface area contributed by atoms with Gasteiger partial charge in [0.1, 0.15) is 0 Å². The van der Waals surface area contributed by atoms with Crippen LogP contribution in [0, 0.1) is 0 Å². The van der Waals surface area contributed by atoms with E-state index in [-0.39, 0.29) is 0 Å². The fraction of sp³-hybridized carbons (Fsp3) is 0.500. The van der Waals surface area contributed by atoms with Crippen LogP contribution in [0.4, 0.5) is 0 Å². The Hall–Kier alpha value is -1.39. The molecule has 0 bridgehead atoms. The molecule has 2 heterocycles. The second-order valence-electron chi connectivity index (χ2n) is 5.59. The predicted octanol–water partition coefficient (Wildman–Crippen LogP) is 3.39. The molecule has 0 radical (unpaired) electrons. The minimum absolute atomic E-state index is 0.602. The lowest BCUT2D eigenvalue weighted by Gasteiger charge is -2.22. The van der Waals surface area contributed by atoms with E-state index >= 15 is 0 Å². The molecule has 2 aromatic rings. The van der Waals surface area contributed by atoms with Crippen molar-refractivity contribution in [3.8, 4) is 0 Å². The van der Waals surface area contributed by atoms with E-state index in [1.807, 2.05) is 24.3 Å². The maximum Gasteiger partial charge on any atom is 0.226 e. The predicted molar refractivity (Wildman–Crippen MR) is 82.5 cm³/mol. The Morgan fingerprint density at radius 2 is 2.10 bits per heavy atom. The standard InChI is InChI=1S/C16H20ClN3O/c17-13-6-4-12(5-7-13)11-15-19-16(21-20-15)9-8-14-3-1-2-10-18-14/h4-7,14,18H,1-3,8-11H2. The first-order valence-electron chi connectivity index (χ1n) is 7.59. The van der Waals surface area contributed by atoms with Crippen LogP contribution in [0.15, 0.2) is 28.8 Å². The van der Waals surface area contributed by atoms with Gasteiger partial charge in [-0.05, 0) is 43.5 Å². The second kappa shape index (κ2) is 7.05. The van der Waals surface area contributed by atoms with E-state index in [2.05, 4.69) is 15.5 Å². The zero-order chi connectivity index (χ0) is 14.5. The average molecular weight is 306 g/mol. The number of rotatable bonds is 5. The Morgan fingerprint density at radius 3 is 2.86 bits per heavy atom. The summed E-state index contributed by atoms with van der Waals surface area (Å²) in [4.78, 5) is 4.47. The monoisotopic (exact) mass is 305 g/mol. The molecule has 0 amide bonds. The Bertz CT molecular complexity index is 561. The zero-order valence-corrected chi connectivity index (χ0v) is 12.8. The van der Waals surface area contributed by atoms with Crippen molar-refractivity contribution >= 4 is 11.6 Å². The van der Waals surface area contributed by atoms with Crippen molar-refractivity contribution in [1.29, 1.82) is 0 Å². The van der Waals surface area contributed by atoms with E-state index in [0.29, 0.717) is 12.5 Å². The van der Waals surface area contributed by atoms with Gasteiger partial charge in [-0.3, -0.25) is 0 Å². The summed E-state index contributed by atoms with van der Waals surface area (Å²) in [5.74, 6) is 1.48. The van der Waals surface area contributed by atoms with Crippen LogP contribution in [0.5, 0.6) is 0 Å². The highest BCUT2D eigenvalue weighted by atomic mass is 35.5. The second-order valence-corrected chi connectivity index (χ2v) is 6.03. The number of hydrogen-bond donors (Lipinski definition) is 1. The Balaban J connectivity index is 1.52. The number of halogens is 1. The van der Waals surface area contributed by atoms with Gasteiger partial charge in [0.15, 0.2) is 5.82 Å². The summed E-state index contributed by atoms with van der Waals surface area (Å²) in [5, 5.41) is 8.34. The van der Waals surface area contributed by atoms with Gasteiger partial charge in [0.25, 0.3) is 0 Å². The normalized spacial score (nSPS) is 18.8. The van der Waals surface area contributed by atoms with Crippen LogP contribution in [0.25, 0.3) is 0 Å². The highest BCUT2D eigenvalue weighted by Crippen LogP contribution is 2.15. The molecule has 5 heteroatoms. The van der Waals surface area contributed by atoms with Gasteiger partial charge in [-0.15, -0.1) is 0 Å². The van der Waals surface area contributed by atoms with Crippen LogP contribution in [0.3, 0.4) is 0 Å². The number of aryl methyl sites for hydroxylation is 1. The lowest BCUT2D eigenvalue weighted by molar-refractivity contribution is 0.341. The first kappa shape index (κ1) is 14.5. The third kappa shape index (κ3) is 4.29. The summed E-state index contributed by atoms with van der Waals surface area (Å²) in [5.41, 5.74) is 1.14. The highest BCUT2D eigenvalue weighted by Gasteiger charge is 2.14. The fourth-order valence-corrected chi connectivity index (χ4v) is 2.84. The van der Waals surface area contributed by atoms with Gasteiger partial charge < -0.3 is 9.84 Å². The Labute approximate surface area is 129 Å². The molecule has 1 aliphatic heterocycles. The van der Waals surface area contributed by atoms with Crippen molar-refractivity contribution in [2.45, 2.75) is 44.6 Å². The number of nitrogens with zero attached hydrogens (tertiary/aromatic N) is 2. The minimum Gasteiger partial charge on any atom is -0.339 e. The summed E-state index contributed by atoms with van der Waals surface area (Å²) < 4.78 is 5.34. The van der Waals surface area contributed by atoms with Crippen molar-refractivity contribution in [2.24, 2.45) is 0 Å². The van der Waals surface area contributed by atoms with Gasteiger partial charge in [0, 0.05) is 23.9 Å². The number of nitrogens with one attached hydrogen (secondary N) is 1. The molecule has 1 aromatic heterocycles. The molecule has 1 saturated heterocycles. The van der Waals surface area contributed by atoms with Crippen LogP contribution in [0.1, 0.15) is 43.0 Å². The van der Waals surface area contributed by atoms with Crippen LogP contribution >= 0.6 is 11.6 Å². The smallest absolute Gasteiger partial charge is 0.226 e. The molecule has 1 fully saturated rings. The van der Waals surface area contributed by atoms with Crippen LogP contribution < -0.4 is 5.32 Å². The third-order valence-electron chi connectivity index (χ3n) is 3.90. The van der Waals surface area contributed by atoms with E-state index in [9.17, 15) is 0 Å². The van der Waals surface area contributed by atoms with Crippen molar-refractivity contribution in [3.05, 3.63) is 46.6 Å². The molecule has 0 saturated carbocycles. The summed E-state index contributed by atoms with van der Waals surface area (Å²) in [7, 11) is 0. The topological polar surface area (TPSA) is 51.0 Å². The van der Waals surface area contributed by atoms with Gasteiger partial charge in [-0.25, -0.2) is 0 Å². The van der Waals surface area contributed by atoms with Crippen molar-refractivity contribution in [1.82, 2.24) is 15.5 Å². The van der Waals surface area contributed by atoms with Crippen LogP contribution in [-0.2, 0) is 12.8 Å². The lowest BCUT2D eigenvalue weighted by Crippen LogP contribution is -2.34. The molecule has 1 aliphatic rings. The average Bonchev–Trinajstić information content (AvgIpc) is 2.96. The van der Waals surface area contributed by atoms with E-state index in [1.165, 1.54) is 19.3 Å². The van der Waals surface area contributed by atoms with E-state index in [0.717, 1.165) is 41.7 Å². The summed E-state index contributed by atoms with van der Waals surface area (Å²) in [6.07, 6.45) is 6.48. The maximum atomic E-state index is 5.88. The minimum atomic E-state index is 0.602. The number of piperidine rings is 1. The van der Waals surface area contributed by atoms with Crippen LogP contribution in [0.2, 0.25) is 5.02 Å². The number of hydrogen-bond acceptors (Lipinski definition) is 4. The summed E-state index contributed by atoms with van der Waals surface area (Å²) in [6.45, 7) is 1.14. The summed E-state index contributed by atoms with van der Waals surface area (Å²) in [6, 6.07) is 8.35. The first-order valence-corrected chi connectivity index (χ1v) is 7.97. The van der Waals surface area contributed by atoms with Crippen molar-refractivity contribution in [2.75, 3.05) is 6.54 Å². The number of benzene rings is 1. The van der Waals surface area contributed by atoms with Gasteiger partial charge in [0.05, 0.1) is 0 Å². The zero-order valence-electron chi connectivity index (χ0n) is 12.0. The summed E-state index contributed by atoms with van der Waals surface area (Å²) >= 11 is 5.88. The van der Waals surface area contributed by atoms with Crippen molar-refractivity contribution in [3.63, 3.8) is 0 Å². The molecule has 4 nitrogen and oxygen atoms in total. The molecule has 21 heavy (non-hydrogen) atoms. The molecule has 1 N–H and O–H groups in total. The molecule has 0 aliphatic carbocycles. The Morgan fingerprint density at radius 1 is 1.24 bits per heavy atom. The lowest BCUT2D eigenvalue weighted by atomic mass is 10.0. The fourth-order valence-electron chi connectivity index (χ4n) is 2.72. The SMILES string of the molecule is Clc1ccc(Cc2noc(CCC3CCCCN3)n2)cc1. The molecule has 1 atom stereocenters. The van der Waals surface area contributed by atoms with E-state index in [4.69, 9.17) is 16.1 Å². The van der Waals surface area contributed by atoms with Gasteiger partial charge in [-0.2, -0.15) is 4.98 Å². The molecule has 1 aromatic carbocycles. The third-order valence-corrected chi connectivity index (χ3v) is 4.16. The van der Waals surface area contributed by atoms with E-state index in [1.54, 1.807) is 0 Å². The molecule has 0 spiro atoms. The maximum absolute atomic E-state index is 5.88. The molecular weight excluding hydrogens is 286 g/mol. The Kier molecular flexibility index (Phi) is 4.88. The number of aromatic nitrogens is 2.